The second-order valence-electron chi connectivity index (χ2n) is 3.23. The minimum Gasteiger partial charge on any atom is -0.362 e. The van der Waals surface area contributed by atoms with Crippen LogP contribution < -0.4 is 0 Å². The molecule has 0 unspecified atom stereocenters. The molecule has 0 N–H and O–H groups in total. The number of hydrogen-bond donors (Lipinski definition) is 0. The van der Waals surface area contributed by atoms with E-state index in [0.29, 0.717) is 10.7 Å². The molecule has 0 aliphatic rings. The van der Waals surface area contributed by atoms with E-state index in [9.17, 15) is 26.3 Å². The van der Waals surface area contributed by atoms with Crippen molar-refractivity contribution >= 4 is 0 Å². The van der Waals surface area contributed by atoms with Crippen molar-refractivity contribution in [2.24, 2.45) is 0 Å². The van der Waals surface area contributed by atoms with Gasteiger partial charge in [0.15, 0.2) is 5.69 Å². The molecule has 1 aromatic rings. The summed E-state index contributed by atoms with van der Waals surface area (Å²) in [6.07, 6.45) is -10.9. The van der Waals surface area contributed by atoms with Crippen molar-refractivity contribution in [3.05, 3.63) is 17.5 Å². The van der Waals surface area contributed by atoms with Crippen molar-refractivity contribution in [2.45, 2.75) is 25.5 Å². The molecule has 0 saturated heterocycles. The summed E-state index contributed by atoms with van der Waals surface area (Å²) >= 11 is 0. The molecule has 0 aliphatic carbocycles. The molecule has 98 valence electrons. The van der Waals surface area contributed by atoms with Gasteiger partial charge in [0, 0.05) is 7.11 Å². The molecule has 0 spiro atoms. The van der Waals surface area contributed by atoms with Crippen LogP contribution in [0.5, 0.6) is 0 Å². The van der Waals surface area contributed by atoms with Crippen molar-refractivity contribution in [3.63, 3.8) is 0 Å². The number of alkyl halides is 6. The second-order valence-corrected chi connectivity index (χ2v) is 3.23. The van der Waals surface area contributed by atoms with E-state index in [1.54, 1.807) is 0 Å². The molecule has 0 atom stereocenters. The van der Waals surface area contributed by atoms with Crippen LogP contribution in [-0.4, -0.2) is 23.1 Å². The quantitative estimate of drug-likeness (QED) is 0.783. The van der Waals surface area contributed by atoms with Gasteiger partial charge >= 0.3 is 12.4 Å². The summed E-state index contributed by atoms with van der Waals surface area (Å²) in [4.78, 5) is 0. The predicted molar refractivity (Wildman–Crippen MR) is 44.0 cm³/mol. The van der Waals surface area contributed by atoms with Crippen LogP contribution in [0.3, 0.4) is 0 Å². The lowest BCUT2D eigenvalue weighted by atomic mass is 10.2. The predicted octanol–water partition coefficient (Wildman–Crippen LogP) is 2.61. The summed E-state index contributed by atoms with van der Waals surface area (Å²) < 4.78 is 78.1. The summed E-state index contributed by atoms with van der Waals surface area (Å²) in [5.41, 5.74) is -1.96. The second kappa shape index (κ2) is 4.55. The van der Waals surface area contributed by atoms with Crippen LogP contribution in [0, 0.1) is 0 Å². The van der Waals surface area contributed by atoms with Gasteiger partial charge in [0.05, 0.1) is 12.1 Å². The smallest absolute Gasteiger partial charge is 0.362 e. The van der Waals surface area contributed by atoms with E-state index in [0.717, 1.165) is 7.11 Å². The Balaban J connectivity index is 3.05. The van der Waals surface area contributed by atoms with Gasteiger partial charge < -0.3 is 4.74 Å². The normalized spacial score (nSPS) is 13.1. The Hall–Kier alpha value is -1.25. The maximum Gasteiger partial charge on any atom is 0.435 e. The van der Waals surface area contributed by atoms with Gasteiger partial charge in [-0.1, -0.05) is 0 Å². The first-order valence-corrected chi connectivity index (χ1v) is 4.33. The van der Waals surface area contributed by atoms with E-state index in [1.807, 2.05) is 0 Å². The third-order valence-corrected chi connectivity index (χ3v) is 1.79. The lowest BCUT2D eigenvalue weighted by molar-refractivity contribution is -0.141. The third-order valence-electron chi connectivity index (χ3n) is 1.79. The average molecular weight is 262 g/mol. The molecule has 0 saturated carbocycles. The number of rotatable bonds is 3. The standard InChI is InChI=1S/C8H8F6N2O/c1-17-4-16-5(3-7(9,10)11)2-6(15-16)8(12,13)14/h2H,3-4H2,1H3. The van der Waals surface area contributed by atoms with E-state index in [1.165, 1.54) is 0 Å². The van der Waals surface area contributed by atoms with Gasteiger partial charge in [-0.15, -0.1) is 0 Å². The van der Waals surface area contributed by atoms with Crippen molar-refractivity contribution < 1.29 is 31.1 Å². The van der Waals surface area contributed by atoms with E-state index in [4.69, 9.17) is 0 Å². The van der Waals surface area contributed by atoms with Gasteiger partial charge in [-0.3, -0.25) is 0 Å². The van der Waals surface area contributed by atoms with Gasteiger partial charge in [-0.05, 0) is 6.07 Å². The van der Waals surface area contributed by atoms with E-state index in [2.05, 4.69) is 9.84 Å². The number of methoxy groups -OCH3 is 1. The summed E-state index contributed by atoms with van der Waals surface area (Å²) in [6, 6.07) is 0.368. The Kier molecular flexibility index (Phi) is 3.70. The number of nitrogens with zero attached hydrogens (tertiary/aromatic N) is 2. The Morgan fingerprint density at radius 2 is 1.82 bits per heavy atom. The number of halogens is 6. The summed E-state index contributed by atoms with van der Waals surface area (Å²) in [6.45, 7) is -0.471. The molecule has 1 rings (SSSR count). The average Bonchev–Trinajstić information content (AvgIpc) is 2.45. The molecule has 1 heterocycles. The molecule has 0 amide bonds. The van der Waals surface area contributed by atoms with Gasteiger partial charge in [-0.25, -0.2) is 4.68 Å². The molecule has 17 heavy (non-hydrogen) atoms. The van der Waals surface area contributed by atoms with Crippen LogP contribution in [0.2, 0.25) is 0 Å². The topological polar surface area (TPSA) is 27.1 Å². The van der Waals surface area contributed by atoms with Gasteiger partial charge in [-0.2, -0.15) is 31.4 Å². The zero-order valence-electron chi connectivity index (χ0n) is 8.56. The highest BCUT2D eigenvalue weighted by Gasteiger charge is 2.37. The number of aromatic nitrogens is 2. The van der Waals surface area contributed by atoms with Crippen LogP contribution in [0.4, 0.5) is 26.3 Å². The highest BCUT2D eigenvalue weighted by molar-refractivity contribution is 5.14. The first kappa shape index (κ1) is 13.8. The SMILES string of the molecule is COCn1nc(C(F)(F)F)cc1CC(F)(F)F. The number of ether oxygens (including phenoxy) is 1. The summed E-state index contributed by atoms with van der Waals surface area (Å²) in [5.74, 6) is 0. The summed E-state index contributed by atoms with van der Waals surface area (Å²) in [5, 5.41) is 3.02. The fourth-order valence-corrected chi connectivity index (χ4v) is 1.18. The molecule has 0 radical (unpaired) electrons. The third kappa shape index (κ3) is 3.91. The van der Waals surface area contributed by atoms with E-state index in [-0.39, 0.29) is 0 Å². The number of hydrogen-bond acceptors (Lipinski definition) is 2. The van der Waals surface area contributed by atoms with Crippen molar-refractivity contribution in [2.75, 3.05) is 7.11 Å². The van der Waals surface area contributed by atoms with Gasteiger partial charge in [0.25, 0.3) is 0 Å². The maximum absolute atomic E-state index is 12.3. The Morgan fingerprint density at radius 3 is 2.24 bits per heavy atom. The van der Waals surface area contributed by atoms with Crippen molar-refractivity contribution in [1.82, 2.24) is 9.78 Å². The molecule has 1 aromatic heterocycles. The van der Waals surface area contributed by atoms with Crippen molar-refractivity contribution in [3.8, 4) is 0 Å². The van der Waals surface area contributed by atoms with Crippen LogP contribution >= 0.6 is 0 Å². The Bertz CT molecular complexity index is 380. The lowest BCUT2D eigenvalue weighted by Gasteiger charge is -2.08. The Morgan fingerprint density at radius 1 is 1.24 bits per heavy atom. The molecule has 0 bridgehead atoms. The Labute approximate surface area is 92.0 Å². The largest absolute Gasteiger partial charge is 0.435 e. The van der Waals surface area contributed by atoms with E-state index >= 15 is 0 Å². The van der Waals surface area contributed by atoms with Crippen LogP contribution in [0.25, 0.3) is 0 Å². The molecule has 3 nitrogen and oxygen atoms in total. The first-order valence-electron chi connectivity index (χ1n) is 4.33. The minimum absolute atomic E-state index is 0.368. The molecular weight excluding hydrogens is 254 g/mol. The molecular formula is C8H8F6N2O. The zero-order chi connectivity index (χ0) is 13.3. The highest BCUT2D eigenvalue weighted by Crippen LogP contribution is 2.30. The molecule has 9 heteroatoms. The monoisotopic (exact) mass is 262 g/mol. The van der Waals surface area contributed by atoms with Crippen LogP contribution in [-0.2, 0) is 24.1 Å². The van der Waals surface area contributed by atoms with Crippen molar-refractivity contribution in [1.29, 1.82) is 0 Å². The van der Waals surface area contributed by atoms with E-state index < -0.39 is 36.9 Å². The van der Waals surface area contributed by atoms with Gasteiger partial charge in [0.2, 0.25) is 0 Å². The minimum atomic E-state index is -4.78. The fraction of sp³-hybridized carbons (Fsp3) is 0.625. The van der Waals surface area contributed by atoms with Crippen LogP contribution in [0.15, 0.2) is 6.07 Å². The molecule has 0 fully saturated rings. The highest BCUT2D eigenvalue weighted by atomic mass is 19.4. The lowest BCUT2D eigenvalue weighted by Crippen LogP contribution is -2.16. The van der Waals surface area contributed by atoms with Gasteiger partial charge in [0.1, 0.15) is 6.73 Å². The summed E-state index contributed by atoms with van der Waals surface area (Å²) in [7, 11) is 1.15. The van der Waals surface area contributed by atoms with Crippen LogP contribution in [0.1, 0.15) is 11.4 Å². The zero-order valence-corrected chi connectivity index (χ0v) is 8.56. The first-order chi connectivity index (χ1) is 7.63. The molecule has 0 aromatic carbocycles. The maximum atomic E-state index is 12.3. The molecule has 0 aliphatic heterocycles. The fourth-order valence-electron chi connectivity index (χ4n) is 1.18.